The third kappa shape index (κ3) is 3.71. The van der Waals surface area contributed by atoms with E-state index in [4.69, 9.17) is 5.11 Å². The van der Waals surface area contributed by atoms with Crippen molar-refractivity contribution in [3.05, 3.63) is 32.6 Å². The van der Waals surface area contributed by atoms with Crippen LogP contribution < -0.4 is 11.2 Å². The highest BCUT2D eigenvalue weighted by Crippen LogP contribution is 1.83. The number of hydrogen-bond donors (Lipinski definition) is 3. The molecule has 1 aromatic rings. The molecule has 0 saturated carbocycles. The van der Waals surface area contributed by atoms with Crippen molar-refractivity contribution in [2.75, 3.05) is 6.61 Å². The van der Waals surface area contributed by atoms with Crippen molar-refractivity contribution in [2.45, 2.75) is 20.3 Å². The standard InChI is InChI=1S/C6H8N2O3.C2H6/c9-2-1-4-3-7-6(11)8-5(4)10;1-2/h3,9H,1-2H2,(H2,7,8,10,11);1-2H3. The van der Waals surface area contributed by atoms with Crippen LogP contribution in [0.4, 0.5) is 0 Å². The molecule has 0 atom stereocenters. The zero-order valence-electron chi connectivity index (χ0n) is 7.76. The second-order valence-electron chi connectivity index (χ2n) is 2.07. The molecule has 0 aliphatic carbocycles. The number of nitrogens with one attached hydrogen (secondary N) is 2. The first-order valence-electron chi connectivity index (χ1n) is 4.16. The van der Waals surface area contributed by atoms with Crippen LogP contribution in [0.1, 0.15) is 19.4 Å². The maximum Gasteiger partial charge on any atom is 0.325 e. The first-order chi connectivity index (χ1) is 6.24. The zero-order valence-corrected chi connectivity index (χ0v) is 7.76. The summed E-state index contributed by atoms with van der Waals surface area (Å²) in [6, 6.07) is 0. The minimum Gasteiger partial charge on any atom is -0.396 e. The van der Waals surface area contributed by atoms with E-state index in [1.807, 2.05) is 18.8 Å². The zero-order chi connectivity index (χ0) is 10.3. The summed E-state index contributed by atoms with van der Waals surface area (Å²) in [6.07, 6.45) is 1.56. The molecule has 0 radical (unpaired) electrons. The van der Waals surface area contributed by atoms with Gasteiger partial charge < -0.3 is 10.1 Å². The van der Waals surface area contributed by atoms with Crippen LogP contribution in [0, 0.1) is 0 Å². The molecule has 0 saturated heterocycles. The molecular formula is C8H14N2O3. The van der Waals surface area contributed by atoms with Gasteiger partial charge in [0.1, 0.15) is 0 Å². The second kappa shape index (κ2) is 6.19. The predicted octanol–water partition coefficient (Wildman–Crippen LogP) is -0.376. The van der Waals surface area contributed by atoms with Crippen LogP contribution in [0.2, 0.25) is 0 Å². The highest BCUT2D eigenvalue weighted by Gasteiger charge is 1.97. The SMILES string of the molecule is CC.O=c1[nH]cc(CCO)c(=O)[nH]1. The van der Waals surface area contributed by atoms with Gasteiger partial charge in [-0.05, 0) is 0 Å². The Morgan fingerprint density at radius 2 is 2.00 bits per heavy atom. The fourth-order valence-electron chi connectivity index (χ4n) is 0.744. The lowest BCUT2D eigenvalue weighted by atomic mass is 10.2. The van der Waals surface area contributed by atoms with E-state index >= 15 is 0 Å². The third-order valence-electron chi connectivity index (χ3n) is 1.28. The maximum atomic E-state index is 10.8. The third-order valence-corrected chi connectivity index (χ3v) is 1.28. The second-order valence-corrected chi connectivity index (χ2v) is 2.07. The molecule has 1 heterocycles. The van der Waals surface area contributed by atoms with E-state index < -0.39 is 11.2 Å². The number of aliphatic hydroxyl groups is 1. The van der Waals surface area contributed by atoms with Crippen LogP contribution in [0.15, 0.2) is 15.8 Å². The summed E-state index contributed by atoms with van der Waals surface area (Å²) in [5, 5.41) is 8.47. The molecule has 5 heteroatoms. The molecule has 13 heavy (non-hydrogen) atoms. The van der Waals surface area contributed by atoms with Gasteiger partial charge in [0.25, 0.3) is 5.56 Å². The molecule has 5 nitrogen and oxygen atoms in total. The number of aliphatic hydroxyl groups excluding tert-OH is 1. The van der Waals surface area contributed by atoms with E-state index in [-0.39, 0.29) is 13.0 Å². The lowest BCUT2D eigenvalue weighted by Gasteiger charge is -1.92. The molecule has 0 unspecified atom stereocenters. The van der Waals surface area contributed by atoms with Gasteiger partial charge in [0.2, 0.25) is 0 Å². The van der Waals surface area contributed by atoms with Crippen molar-refractivity contribution < 1.29 is 5.11 Å². The van der Waals surface area contributed by atoms with E-state index in [0.717, 1.165) is 0 Å². The Morgan fingerprint density at radius 1 is 1.38 bits per heavy atom. The van der Waals surface area contributed by atoms with Crippen molar-refractivity contribution in [1.82, 2.24) is 9.97 Å². The number of aromatic nitrogens is 2. The van der Waals surface area contributed by atoms with Crippen LogP contribution >= 0.6 is 0 Å². The van der Waals surface area contributed by atoms with Gasteiger partial charge in [-0.15, -0.1) is 0 Å². The number of rotatable bonds is 2. The number of H-pyrrole nitrogens is 2. The largest absolute Gasteiger partial charge is 0.396 e. The number of hydrogen-bond acceptors (Lipinski definition) is 3. The van der Waals surface area contributed by atoms with Crippen LogP contribution in [-0.4, -0.2) is 21.7 Å². The summed E-state index contributed by atoms with van der Waals surface area (Å²) >= 11 is 0. The minimum absolute atomic E-state index is 0.102. The molecule has 1 aromatic heterocycles. The van der Waals surface area contributed by atoms with Crippen molar-refractivity contribution >= 4 is 0 Å². The van der Waals surface area contributed by atoms with Crippen LogP contribution in [0.3, 0.4) is 0 Å². The average Bonchev–Trinajstić information content (AvgIpc) is 2.14. The lowest BCUT2D eigenvalue weighted by Crippen LogP contribution is -2.24. The Hall–Kier alpha value is -1.36. The highest BCUT2D eigenvalue weighted by molar-refractivity contribution is 5.02. The topological polar surface area (TPSA) is 85.9 Å². The van der Waals surface area contributed by atoms with Crippen molar-refractivity contribution in [1.29, 1.82) is 0 Å². The predicted molar refractivity (Wildman–Crippen MR) is 49.8 cm³/mol. The molecule has 1 rings (SSSR count). The molecule has 0 aromatic carbocycles. The summed E-state index contributed by atoms with van der Waals surface area (Å²) in [5.74, 6) is 0. The van der Waals surface area contributed by atoms with Gasteiger partial charge in [0, 0.05) is 24.8 Å². The number of aromatic amines is 2. The summed E-state index contributed by atoms with van der Waals surface area (Å²) in [7, 11) is 0. The van der Waals surface area contributed by atoms with E-state index in [1.165, 1.54) is 6.20 Å². The van der Waals surface area contributed by atoms with E-state index in [1.54, 1.807) is 0 Å². The van der Waals surface area contributed by atoms with E-state index in [0.29, 0.717) is 5.56 Å². The normalized spacial score (nSPS) is 8.85. The summed E-state index contributed by atoms with van der Waals surface area (Å²) in [5.41, 5.74) is -0.591. The maximum absolute atomic E-state index is 10.8. The molecule has 0 spiro atoms. The summed E-state index contributed by atoms with van der Waals surface area (Å²) < 4.78 is 0. The van der Waals surface area contributed by atoms with Crippen molar-refractivity contribution in [3.8, 4) is 0 Å². The fraction of sp³-hybridized carbons (Fsp3) is 0.500. The molecule has 0 fully saturated rings. The van der Waals surface area contributed by atoms with Gasteiger partial charge in [-0.3, -0.25) is 9.78 Å². The van der Waals surface area contributed by atoms with Crippen molar-refractivity contribution in [2.24, 2.45) is 0 Å². The Balaban J connectivity index is 0.000000671. The molecule has 0 aliphatic heterocycles. The molecule has 3 N–H and O–H groups in total. The summed E-state index contributed by atoms with van der Waals surface area (Å²) in [6.45, 7) is 3.90. The Bertz CT molecular complexity index is 340. The first kappa shape index (κ1) is 11.6. The van der Waals surface area contributed by atoms with Gasteiger partial charge >= 0.3 is 5.69 Å². The molecular weight excluding hydrogens is 172 g/mol. The van der Waals surface area contributed by atoms with E-state index in [2.05, 4.69) is 4.98 Å². The van der Waals surface area contributed by atoms with Crippen LogP contribution in [0.5, 0.6) is 0 Å². The van der Waals surface area contributed by atoms with Gasteiger partial charge in [0.15, 0.2) is 0 Å². The minimum atomic E-state index is -0.531. The lowest BCUT2D eigenvalue weighted by molar-refractivity contribution is 0.299. The van der Waals surface area contributed by atoms with Gasteiger partial charge in [-0.2, -0.15) is 0 Å². The summed E-state index contributed by atoms with van der Waals surface area (Å²) in [4.78, 5) is 25.7. The molecule has 74 valence electrons. The van der Waals surface area contributed by atoms with Gasteiger partial charge in [-0.1, -0.05) is 13.8 Å². The first-order valence-corrected chi connectivity index (χ1v) is 4.16. The van der Waals surface area contributed by atoms with Crippen LogP contribution in [0.25, 0.3) is 0 Å². The van der Waals surface area contributed by atoms with Crippen molar-refractivity contribution in [3.63, 3.8) is 0 Å². The van der Waals surface area contributed by atoms with Crippen LogP contribution in [-0.2, 0) is 6.42 Å². The Labute approximate surface area is 75.5 Å². The molecule has 0 bridgehead atoms. The fourth-order valence-corrected chi connectivity index (χ4v) is 0.744. The van der Waals surface area contributed by atoms with Gasteiger partial charge in [-0.25, -0.2) is 4.79 Å². The molecule has 0 amide bonds. The van der Waals surface area contributed by atoms with E-state index in [9.17, 15) is 9.59 Å². The Morgan fingerprint density at radius 3 is 2.46 bits per heavy atom. The quantitative estimate of drug-likeness (QED) is 0.588. The highest BCUT2D eigenvalue weighted by atomic mass is 16.3. The average molecular weight is 186 g/mol. The van der Waals surface area contributed by atoms with Gasteiger partial charge in [0.05, 0.1) is 0 Å². The Kier molecular flexibility index (Phi) is 5.54. The smallest absolute Gasteiger partial charge is 0.325 e. The monoisotopic (exact) mass is 186 g/mol. The molecule has 0 aliphatic rings.